The van der Waals surface area contributed by atoms with Crippen LogP contribution in [0.3, 0.4) is 0 Å². The highest BCUT2D eigenvalue weighted by molar-refractivity contribution is 6.35. The molecule has 1 aromatic heterocycles. The molecule has 130 valence electrons. The summed E-state index contributed by atoms with van der Waals surface area (Å²) in [4.78, 5) is 4.10. The van der Waals surface area contributed by atoms with Crippen LogP contribution < -0.4 is 9.47 Å². The summed E-state index contributed by atoms with van der Waals surface area (Å²) < 4.78 is 16.4. The number of hydrogen-bond donors (Lipinski definition) is 1. The number of aliphatic hydroxyl groups excluding tert-OH is 1. The Bertz CT molecular complexity index is 667. The predicted octanol–water partition coefficient (Wildman–Crippen LogP) is 4.13. The van der Waals surface area contributed by atoms with Crippen LogP contribution >= 0.6 is 23.2 Å². The Morgan fingerprint density at radius 3 is 2.71 bits per heavy atom. The Kier molecular flexibility index (Phi) is 7.59. The van der Waals surface area contributed by atoms with E-state index in [4.69, 9.17) is 42.5 Å². The molecule has 1 heterocycles. The number of ether oxygens (including phenoxy) is 3. The van der Waals surface area contributed by atoms with Crippen molar-refractivity contribution < 1.29 is 19.3 Å². The maximum absolute atomic E-state index is 9.05. The molecule has 0 aliphatic carbocycles. The van der Waals surface area contributed by atoms with Gasteiger partial charge in [-0.2, -0.15) is 0 Å². The molecule has 2 rings (SSSR count). The van der Waals surface area contributed by atoms with Crippen LogP contribution in [-0.4, -0.2) is 37.0 Å². The van der Waals surface area contributed by atoms with Gasteiger partial charge in [-0.25, -0.2) is 4.98 Å². The summed E-state index contributed by atoms with van der Waals surface area (Å²) >= 11 is 12.0. The third-order valence-electron chi connectivity index (χ3n) is 3.18. The Morgan fingerprint density at radius 2 is 2.00 bits per heavy atom. The Balaban J connectivity index is 2.23. The largest absolute Gasteiger partial charge is 0.491 e. The molecule has 0 aliphatic heterocycles. The van der Waals surface area contributed by atoms with Gasteiger partial charge in [-0.15, -0.1) is 0 Å². The topological polar surface area (TPSA) is 60.8 Å². The smallest absolute Gasteiger partial charge is 0.238 e. The van der Waals surface area contributed by atoms with Gasteiger partial charge in [0.2, 0.25) is 5.88 Å². The Morgan fingerprint density at radius 1 is 1.17 bits per heavy atom. The first kappa shape index (κ1) is 18.8. The van der Waals surface area contributed by atoms with Gasteiger partial charge in [0, 0.05) is 26.0 Å². The summed E-state index contributed by atoms with van der Waals surface area (Å²) in [5, 5.41) is 9.81. The molecular formula is C17H19Cl2NO4. The van der Waals surface area contributed by atoms with Crippen LogP contribution in [0.1, 0.15) is 12.0 Å². The second kappa shape index (κ2) is 9.69. The molecule has 24 heavy (non-hydrogen) atoms. The van der Waals surface area contributed by atoms with Gasteiger partial charge >= 0.3 is 0 Å². The minimum Gasteiger partial charge on any atom is -0.491 e. The van der Waals surface area contributed by atoms with E-state index in [1.807, 2.05) is 12.1 Å². The molecule has 0 radical (unpaired) electrons. The van der Waals surface area contributed by atoms with E-state index in [0.29, 0.717) is 47.6 Å². The molecule has 0 amide bonds. The van der Waals surface area contributed by atoms with Gasteiger partial charge in [-0.3, -0.25) is 0 Å². The molecule has 2 aromatic rings. The third-order valence-corrected chi connectivity index (χ3v) is 3.66. The monoisotopic (exact) mass is 371 g/mol. The van der Waals surface area contributed by atoms with Crippen molar-refractivity contribution in [3.63, 3.8) is 0 Å². The maximum Gasteiger partial charge on any atom is 0.238 e. The van der Waals surface area contributed by atoms with Crippen LogP contribution in [0.25, 0.3) is 0 Å². The molecule has 5 nitrogen and oxygen atoms in total. The fraction of sp³-hybridized carbons (Fsp3) is 0.353. The number of hydrogen-bond acceptors (Lipinski definition) is 5. The van der Waals surface area contributed by atoms with Gasteiger partial charge < -0.3 is 19.3 Å². The van der Waals surface area contributed by atoms with Gasteiger partial charge in [0.25, 0.3) is 0 Å². The summed E-state index contributed by atoms with van der Waals surface area (Å²) in [6.45, 7) is 1.03. The lowest BCUT2D eigenvalue weighted by molar-refractivity contribution is 0.146. The number of aliphatic hydroxyl groups is 1. The lowest BCUT2D eigenvalue weighted by Gasteiger charge is -2.14. The molecule has 1 aromatic carbocycles. The minimum absolute atomic E-state index is 0.103. The van der Waals surface area contributed by atoms with Gasteiger partial charge in [0.15, 0.2) is 0 Å². The van der Waals surface area contributed by atoms with Crippen molar-refractivity contribution in [2.75, 3.05) is 26.9 Å². The Hall–Kier alpha value is -1.53. The average molecular weight is 372 g/mol. The number of aromatic nitrogens is 1. The van der Waals surface area contributed by atoms with E-state index in [2.05, 4.69) is 4.98 Å². The summed E-state index contributed by atoms with van der Waals surface area (Å²) in [6.07, 6.45) is 2.76. The lowest BCUT2D eigenvalue weighted by atomic mass is 10.1. The molecule has 7 heteroatoms. The zero-order valence-corrected chi connectivity index (χ0v) is 14.8. The van der Waals surface area contributed by atoms with Crippen molar-refractivity contribution in [3.05, 3.63) is 46.1 Å². The average Bonchev–Trinajstić information content (AvgIpc) is 2.57. The van der Waals surface area contributed by atoms with Crippen molar-refractivity contribution in [2.45, 2.75) is 12.8 Å². The van der Waals surface area contributed by atoms with Crippen LogP contribution in [0, 0.1) is 0 Å². The van der Waals surface area contributed by atoms with E-state index in [9.17, 15) is 0 Å². The van der Waals surface area contributed by atoms with Crippen LogP contribution in [0.4, 0.5) is 0 Å². The number of nitrogens with zero attached hydrogens (tertiary/aromatic N) is 1. The standard InChI is InChI=1S/C17H19Cl2NO4/c1-22-7-8-23-14-5-4-12(3-2-6-21)16(10-14)24-17-15(19)9-13(18)11-20-17/h4-5,9-11,21H,2-3,6-8H2,1H3. The van der Waals surface area contributed by atoms with Crippen LogP contribution in [0.2, 0.25) is 10.0 Å². The molecule has 1 N–H and O–H groups in total. The quantitative estimate of drug-likeness (QED) is 0.671. The molecule has 0 bridgehead atoms. The highest BCUT2D eigenvalue weighted by atomic mass is 35.5. The minimum atomic E-state index is 0.103. The molecule has 0 unspecified atom stereocenters. The van der Waals surface area contributed by atoms with Crippen molar-refractivity contribution >= 4 is 23.2 Å². The first-order chi connectivity index (χ1) is 11.6. The highest BCUT2D eigenvalue weighted by Crippen LogP contribution is 2.33. The SMILES string of the molecule is COCCOc1ccc(CCCO)c(Oc2ncc(Cl)cc2Cl)c1. The predicted molar refractivity (Wildman–Crippen MR) is 93.6 cm³/mol. The van der Waals surface area contributed by atoms with Crippen LogP contribution in [0.15, 0.2) is 30.5 Å². The fourth-order valence-electron chi connectivity index (χ4n) is 2.02. The van der Waals surface area contributed by atoms with Gasteiger partial charge in [0.05, 0.1) is 11.6 Å². The number of pyridine rings is 1. The van der Waals surface area contributed by atoms with Gasteiger partial charge in [-0.1, -0.05) is 29.3 Å². The van der Waals surface area contributed by atoms with E-state index in [-0.39, 0.29) is 12.5 Å². The zero-order valence-electron chi connectivity index (χ0n) is 13.3. The number of methoxy groups -OCH3 is 1. The maximum atomic E-state index is 9.05. The first-order valence-electron chi connectivity index (χ1n) is 7.48. The van der Waals surface area contributed by atoms with Crippen LogP contribution in [0.5, 0.6) is 17.4 Å². The van der Waals surface area contributed by atoms with Crippen molar-refractivity contribution in [2.24, 2.45) is 0 Å². The van der Waals surface area contributed by atoms with E-state index in [1.54, 1.807) is 19.2 Å². The van der Waals surface area contributed by atoms with E-state index >= 15 is 0 Å². The van der Waals surface area contributed by atoms with Crippen molar-refractivity contribution in [1.82, 2.24) is 4.98 Å². The number of halogens is 2. The third kappa shape index (κ3) is 5.53. The molecule has 0 saturated heterocycles. The summed E-state index contributed by atoms with van der Waals surface area (Å²) in [5.41, 5.74) is 0.927. The zero-order chi connectivity index (χ0) is 17.4. The second-order valence-electron chi connectivity index (χ2n) is 4.98. The van der Waals surface area contributed by atoms with Gasteiger partial charge in [-0.05, 0) is 30.5 Å². The molecule has 0 spiro atoms. The molecular weight excluding hydrogens is 353 g/mol. The molecule has 0 aliphatic rings. The lowest BCUT2D eigenvalue weighted by Crippen LogP contribution is -2.05. The molecule has 0 atom stereocenters. The normalized spacial score (nSPS) is 10.7. The molecule has 0 fully saturated rings. The fourth-order valence-corrected chi connectivity index (χ4v) is 2.44. The van der Waals surface area contributed by atoms with E-state index < -0.39 is 0 Å². The van der Waals surface area contributed by atoms with E-state index in [0.717, 1.165) is 5.56 Å². The van der Waals surface area contributed by atoms with Crippen molar-refractivity contribution in [3.8, 4) is 17.4 Å². The first-order valence-corrected chi connectivity index (χ1v) is 8.24. The highest BCUT2D eigenvalue weighted by Gasteiger charge is 2.11. The Labute approximate surface area is 151 Å². The number of benzene rings is 1. The van der Waals surface area contributed by atoms with Crippen molar-refractivity contribution in [1.29, 1.82) is 0 Å². The summed E-state index contributed by atoms with van der Waals surface area (Å²) in [6, 6.07) is 7.09. The number of aryl methyl sites for hydroxylation is 1. The van der Waals surface area contributed by atoms with Crippen LogP contribution in [-0.2, 0) is 11.2 Å². The summed E-state index contributed by atoms with van der Waals surface area (Å²) in [5.74, 6) is 1.50. The number of rotatable bonds is 9. The van der Waals surface area contributed by atoms with Gasteiger partial charge in [0.1, 0.15) is 23.1 Å². The second-order valence-corrected chi connectivity index (χ2v) is 5.82. The summed E-state index contributed by atoms with van der Waals surface area (Å²) in [7, 11) is 1.62. The van der Waals surface area contributed by atoms with E-state index in [1.165, 1.54) is 6.20 Å². The molecule has 0 saturated carbocycles.